The van der Waals surface area contributed by atoms with E-state index < -0.39 is 0 Å². The van der Waals surface area contributed by atoms with Gasteiger partial charge < -0.3 is 5.32 Å². The zero-order valence-electron chi connectivity index (χ0n) is 10.9. The van der Waals surface area contributed by atoms with E-state index in [-0.39, 0.29) is 11.3 Å². The number of H-pyrrole nitrogens is 1. The van der Waals surface area contributed by atoms with Gasteiger partial charge in [0.1, 0.15) is 0 Å². The summed E-state index contributed by atoms with van der Waals surface area (Å²) >= 11 is 0. The topological polar surface area (TPSA) is 81.6 Å². The van der Waals surface area contributed by atoms with Gasteiger partial charge in [0.15, 0.2) is 5.82 Å². The number of hydrogen-bond donors (Lipinski definition) is 2. The number of amides is 1. The van der Waals surface area contributed by atoms with Crippen LogP contribution in [0.3, 0.4) is 0 Å². The highest BCUT2D eigenvalue weighted by atomic mass is 16.2. The summed E-state index contributed by atoms with van der Waals surface area (Å²) < 4.78 is 0. The van der Waals surface area contributed by atoms with Crippen LogP contribution in [0.4, 0.5) is 5.82 Å². The van der Waals surface area contributed by atoms with E-state index in [2.05, 4.69) is 21.6 Å². The number of nitrogens with zero attached hydrogens (tertiary/aromatic N) is 2. The molecular formula is C14H14N4O. The van der Waals surface area contributed by atoms with Gasteiger partial charge in [0.25, 0.3) is 0 Å². The van der Waals surface area contributed by atoms with Gasteiger partial charge in [-0.05, 0) is 37.5 Å². The van der Waals surface area contributed by atoms with E-state index in [1.807, 2.05) is 19.9 Å². The first-order valence-corrected chi connectivity index (χ1v) is 6.24. The molecule has 5 nitrogen and oxygen atoms in total. The summed E-state index contributed by atoms with van der Waals surface area (Å²) in [5.74, 6) is 0.559. The lowest BCUT2D eigenvalue weighted by molar-refractivity contribution is -0.120. The van der Waals surface area contributed by atoms with E-state index in [4.69, 9.17) is 5.26 Å². The van der Waals surface area contributed by atoms with Crippen LogP contribution in [0.15, 0.2) is 12.1 Å². The average molecular weight is 254 g/mol. The number of nitrogens with one attached hydrogen (secondary N) is 2. The van der Waals surface area contributed by atoms with Crippen LogP contribution in [0.1, 0.15) is 30.9 Å². The predicted molar refractivity (Wildman–Crippen MR) is 71.5 cm³/mol. The third kappa shape index (κ3) is 1.85. The fourth-order valence-electron chi connectivity index (χ4n) is 2.06. The predicted octanol–water partition coefficient (Wildman–Crippen LogP) is 2.48. The first kappa shape index (κ1) is 11.7. The summed E-state index contributed by atoms with van der Waals surface area (Å²) in [6.45, 7) is 3.83. The van der Waals surface area contributed by atoms with Crippen LogP contribution >= 0.6 is 0 Å². The number of carbonyl (C=O) groups excluding carboxylic acids is 1. The van der Waals surface area contributed by atoms with Crippen LogP contribution < -0.4 is 5.32 Å². The molecule has 1 aliphatic rings. The average Bonchev–Trinajstić information content (AvgIpc) is 3.03. The van der Waals surface area contributed by atoms with Gasteiger partial charge in [-0.2, -0.15) is 10.4 Å². The molecule has 2 N–H and O–H groups in total. The number of fused-ring (bicyclic) bond motifs is 1. The first-order chi connectivity index (χ1) is 9.03. The van der Waals surface area contributed by atoms with Crippen molar-refractivity contribution in [3.05, 3.63) is 23.3 Å². The van der Waals surface area contributed by atoms with Crippen molar-refractivity contribution in [1.29, 1.82) is 5.26 Å². The fraction of sp³-hybridized carbons (Fsp3) is 0.357. The maximum Gasteiger partial charge on any atom is 0.231 e. The monoisotopic (exact) mass is 254 g/mol. The quantitative estimate of drug-likeness (QED) is 0.863. The number of benzene rings is 1. The molecule has 2 aromatic rings. The van der Waals surface area contributed by atoms with Gasteiger partial charge in [0, 0.05) is 10.8 Å². The van der Waals surface area contributed by atoms with Crippen molar-refractivity contribution < 1.29 is 4.79 Å². The molecule has 5 heteroatoms. The number of carbonyl (C=O) groups is 1. The Morgan fingerprint density at radius 2 is 2.26 bits per heavy atom. The lowest BCUT2D eigenvalue weighted by Crippen LogP contribution is -2.21. The van der Waals surface area contributed by atoms with Gasteiger partial charge in [0.2, 0.25) is 5.91 Å². The maximum absolute atomic E-state index is 12.0. The van der Waals surface area contributed by atoms with Gasteiger partial charge in [-0.15, -0.1) is 0 Å². The maximum atomic E-state index is 12.0. The third-order valence-corrected chi connectivity index (χ3v) is 3.81. The van der Waals surface area contributed by atoms with Crippen LogP contribution in [0.2, 0.25) is 0 Å². The van der Waals surface area contributed by atoms with E-state index in [0.717, 1.165) is 29.3 Å². The molecule has 96 valence electrons. The largest absolute Gasteiger partial charge is 0.308 e. The van der Waals surface area contributed by atoms with Gasteiger partial charge in [-0.3, -0.25) is 9.89 Å². The lowest BCUT2D eigenvalue weighted by atomic mass is 10.1. The summed E-state index contributed by atoms with van der Waals surface area (Å²) in [4.78, 5) is 12.0. The Balaban J connectivity index is 1.99. The molecule has 1 aromatic heterocycles. The number of anilines is 1. The zero-order valence-corrected chi connectivity index (χ0v) is 10.9. The minimum atomic E-state index is -0.229. The van der Waals surface area contributed by atoms with E-state index >= 15 is 0 Å². The van der Waals surface area contributed by atoms with Crippen LogP contribution in [0, 0.1) is 23.7 Å². The fourth-order valence-corrected chi connectivity index (χ4v) is 2.06. The minimum Gasteiger partial charge on any atom is -0.308 e. The number of hydrogen-bond acceptors (Lipinski definition) is 3. The third-order valence-electron chi connectivity index (χ3n) is 3.81. The van der Waals surface area contributed by atoms with E-state index in [9.17, 15) is 4.79 Å². The molecule has 0 bridgehead atoms. The molecule has 0 saturated heterocycles. The van der Waals surface area contributed by atoms with E-state index in [0.29, 0.717) is 11.4 Å². The van der Waals surface area contributed by atoms with Crippen LogP contribution in [0.25, 0.3) is 10.9 Å². The second-order valence-corrected chi connectivity index (χ2v) is 5.41. The highest BCUT2D eigenvalue weighted by Crippen LogP contribution is 2.45. The molecule has 0 atom stereocenters. The molecular weight excluding hydrogens is 240 g/mol. The van der Waals surface area contributed by atoms with Crippen molar-refractivity contribution >= 4 is 22.6 Å². The van der Waals surface area contributed by atoms with Crippen molar-refractivity contribution in [2.75, 3.05) is 5.32 Å². The smallest absolute Gasteiger partial charge is 0.231 e. The Morgan fingerprint density at radius 3 is 2.89 bits per heavy atom. The number of rotatable bonds is 2. The molecule has 0 spiro atoms. The molecule has 0 radical (unpaired) electrons. The van der Waals surface area contributed by atoms with Crippen molar-refractivity contribution in [3.8, 4) is 6.07 Å². The van der Waals surface area contributed by atoms with Gasteiger partial charge in [0.05, 0.1) is 17.1 Å². The van der Waals surface area contributed by atoms with Crippen molar-refractivity contribution in [3.63, 3.8) is 0 Å². The molecule has 0 aliphatic heterocycles. The van der Waals surface area contributed by atoms with Crippen molar-refractivity contribution in [2.24, 2.45) is 5.41 Å². The highest BCUT2D eigenvalue weighted by Gasteiger charge is 2.45. The van der Waals surface area contributed by atoms with Crippen molar-refractivity contribution in [1.82, 2.24) is 10.2 Å². The highest BCUT2D eigenvalue weighted by molar-refractivity contribution is 6.03. The summed E-state index contributed by atoms with van der Waals surface area (Å²) in [5, 5.41) is 19.7. The molecule has 1 heterocycles. The molecule has 1 aliphatic carbocycles. The first-order valence-electron chi connectivity index (χ1n) is 6.24. The number of aromatic nitrogens is 2. The van der Waals surface area contributed by atoms with Crippen LogP contribution in [0.5, 0.6) is 0 Å². The van der Waals surface area contributed by atoms with Gasteiger partial charge in [-0.25, -0.2) is 0 Å². The molecule has 3 rings (SSSR count). The standard InChI is InChI=1S/C14H14N4O/c1-8-5-10-11(6-9(8)7-15)17-18-12(10)16-13(19)14(2)3-4-14/h5-6H,3-4H2,1-2H3,(H2,16,17,18,19). The van der Waals surface area contributed by atoms with Gasteiger partial charge in [-0.1, -0.05) is 6.92 Å². The molecule has 1 aromatic carbocycles. The van der Waals surface area contributed by atoms with Gasteiger partial charge >= 0.3 is 0 Å². The number of nitriles is 1. The Bertz CT molecular complexity index is 719. The summed E-state index contributed by atoms with van der Waals surface area (Å²) in [5.41, 5.74) is 2.03. The van der Waals surface area contributed by atoms with Crippen LogP contribution in [-0.4, -0.2) is 16.1 Å². The Morgan fingerprint density at radius 1 is 1.53 bits per heavy atom. The molecule has 19 heavy (non-hydrogen) atoms. The lowest BCUT2D eigenvalue weighted by Gasteiger charge is -2.07. The number of aromatic amines is 1. The van der Waals surface area contributed by atoms with E-state index in [1.165, 1.54) is 0 Å². The Hall–Kier alpha value is -2.35. The second kappa shape index (κ2) is 3.82. The zero-order chi connectivity index (χ0) is 13.6. The summed E-state index contributed by atoms with van der Waals surface area (Å²) in [6, 6.07) is 5.77. The number of aryl methyl sites for hydroxylation is 1. The molecule has 1 fully saturated rings. The Labute approximate surface area is 110 Å². The summed E-state index contributed by atoms with van der Waals surface area (Å²) in [7, 11) is 0. The SMILES string of the molecule is Cc1cc2c(NC(=O)C3(C)CC3)n[nH]c2cc1C#N. The van der Waals surface area contributed by atoms with E-state index in [1.54, 1.807) is 6.07 Å². The normalized spacial score (nSPS) is 16.1. The molecule has 1 amide bonds. The minimum absolute atomic E-state index is 0.0166. The molecule has 0 unspecified atom stereocenters. The Kier molecular flexibility index (Phi) is 2.36. The second-order valence-electron chi connectivity index (χ2n) is 5.41. The van der Waals surface area contributed by atoms with Crippen molar-refractivity contribution in [2.45, 2.75) is 26.7 Å². The van der Waals surface area contributed by atoms with Crippen LogP contribution in [-0.2, 0) is 4.79 Å². The molecule has 1 saturated carbocycles. The summed E-state index contributed by atoms with van der Waals surface area (Å²) in [6.07, 6.45) is 1.86.